The Hall–Kier alpha value is -2.12. The predicted molar refractivity (Wildman–Crippen MR) is 95.1 cm³/mol. The first-order chi connectivity index (χ1) is 12.4. The molecule has 1 aromatic carbocycles. The first-order valence-electron chi connectivity index (χ1n) is 9.00. The van der Waals surface area contributed by atoms with E-state index in [9.17, 15) is 14.7 Å². The van der Waals surface area contributed by atoms with Crippen LogP contribution in [-0.4, -0.2) is 65.3 Å². The zero-order chi connectivity index (χ0) is 18.8. The second-order valence-corrected chi connectivity index (χ2v) is 7.30. The molecule has 1 fully saturated rings. The number of cyclic esters (lactones) is 1. The smallest absolute Gasteiger partial charge is 0.407 e. The lowest BCUT2D eigenvalue weighted by Crippen LogP contribution is -2.40. The number of aliphatic hydroxyl groups is 1. The second kappa shape index (κ2) is 7.63. The van der Waals surface area contributed by atoms with Crippen LogP contribution in [0.25, 0.3) is 0 Å². The molecule has 7 nitrogen and oxygen atoms in total. The Bertz CT molecular complexity index is 697. The Morgan fingerprint density at radius 3 is 2.73 bits per heavy atom. The molecule has 7 heteroatoms. The van der Waals surface area contributed by atoms with Crippen LogP contribution in [0.1, 0.15) is 46.0 Å². The fourth-order valence-electron chi connectivity index (χ4n) is 3.89. The first kappa shape index (κ1) is 18.7. The van der Waals surface area contributed by atoms with E-state index in [1.165, 1.54) is 4.90 Å². The molecule has 26 heavy (non-hydrogen) atoms. The van der Waals surface area contributed by atoms with Crippen LogP contribution in [-0.2, 0) is 11.3 Å². The van der Waals surface area contributed by atoms with Gasteiger partial charge in [0.2, 0.25) is 0 Å². The third kappa shape index (κ3) is 3.83. The van der Waals surface area contributed by atoms with Gasteiger partial charge in [-0.15, -0.1) is 0 Å². The van der Waals surface area contributed by atoms with Gasteiger partial charge in [-0.25, -0.2) is 9.59 Å². The van der Waals surface area contributed by atoms with E-state index in [1.807, 2.05) is 13.0 Å². The van der Waals surface area contributed by atoms with E-state index in [0.29, 0.717) is 24.6 Å². The van der Waals surface area contributed by atoms with Crippen molar-refractivity contribution in [3.05, 3.63) is 34.4 Å². The number of hydrogen-bond acceptors (Lipinski definition) is 5. The van der Waals surface area contributed by atoms with E-state index in [4.69, 9.17) is 9.84 Å². The molecule has 2 N–H and O–H groups in total. The highest BCUT2D eigenvalue weighted by Crippen LogP contribution is 2.30. The summed E-state index contributed by atoms with van der Waals surface area (Å²) in [4.78, 5) is 26.1. The summed E-state index contributed by atoms with van der Waals surface area (Å²) in [6.45, 7) is 5.00. The number of nitrogens with zero attached hydrogens (tertiary/aromatic N) is 2. The quantitative estimate of drug-likeness (QED) is 0.779. The molecule has 1 aromatic rings. The number of esters is 1. The number of carboxylic acid groups (broad SMARTS) is 1. The molecule has 0 spiro atoms. The van der Waals surface area contributed by atoms with Crippen molar-refractivity contribution in [2.75, 3.05) is 33.2 Å². The minimum atomic E-state index is -0.891. The molecule has 0 aliphatic carbocycles. The summed E-state index contributed by atoms with van der Waals surface area (Å²) in [6, 6.07) is 3.56. The van der Waals surface area contributed by atoms with Gasteiger partial charge in [0.25, 0.3) is 0 Å². The fraction of sp³-hybridized carbons (Fsp3) is 0.579. The SMILES string of the molecule is Cc1c([C@H](O)CN2CCC(CN(C)C(=O)O)CC2)ccc2c1COC2=O. The van der Waals surface area contributed by atoms with Gasteiger partial charge in [-0.2, -0.15) is 0 Å². The molecule has 2 heterocycles. The second-order valence-electron chi connectivity index (χ2n) is 7.30. The summed E-state index contributed by atoms with van der Waals surface area (Å²) in [5, 5.41) is 19.7. The molecular weight excluding hydrogens is 336 g/mol. The Morgan fingerprint density at radius 2 is 2.08 bits per heavy atom. The third-order valence-electron chi connectivity index (χ3n) is 5.56. The molecule has 1 saturated heterocycles. The van der Waals surface area contributed by atoms with Crippen molar-refractivity contribution in [1.82, 2.24) is 9.80 Å². The number of piperidine rings is 1. The maximum atomic E-state index is 11.6. The van der Waals surface area contributed by atoms with Gasteiger partial charge in [0.1, 0.15) is 6.61 Å². The predicted octanol–water partition coefficient (Wildman–Crippen LogP) is 2.02. The van der Waals surface area contributed by atoms with Gasteiger partial charge in [-0.1, -0.05) is 6.07 Å². The maximum absolute atomic E-state index is 11.6. The molecule has 142 valence electrons. The van der Waals surface area contributed by atoms with Crippen LogP contribution in [0.5, 0.6) is 0 Å². The van der Waals surface area contributed by atoms with Gasteiger partial charge < -0.3 is 24.7 Å². The number of carbonyl (C=O) groups is 2. The lowest BCUT2D eigenvalue weighted by Gasteiger charge is -2.34. The van der Waals surface area contributed by atoms with E-state index in [1.54, 1.807) is 13.1 Å². The average molecular weight is 362 g/mol. The van der Waals surface area contributed by atoms with Crippen LogP contribution in [0.2, 0.25) is 0 Å². The highest BCUT2D eigenvalue weighted by Gasteiger charge is 2.27. The van der Waals surface area contributed by atoms with E-state index in [2.05, 4.69) is 4.90 Å². The summed E-state index contributed by atoms with van der Waals surface area (Å²) >= 11 is 0. The molecule has 0 saturated carbocycles. The summed E-state index contributed by atoms with van der Waals surface area (Å²) in [7, 11) is 1.60. The summed E-state index contributed by atoms with van der Waals surface area (Å²) in [5.41, 5.74) is 3.25. The Kier molecular flexibility index (Phi) is 5.48. The minimum absolute atomic E-state index is 0.281. The summed E-state index contributed by atoms with van der Waals surface area (Å²) < 4.78 is 5.07. The zero-order valence-corrected chi connectivity index (χ0v) is 15.3. The number of likely N-dealkylation sites (tertiary alicyclic amines) is 1. The number of β-amino-alcohol motifs (C(OH)–C–C–N with tert-alkyl or cyclic N) is 1. The summed E-state index contributed by atoms with van der Waals surface area (Å²) in [6.07, 6.45) is 0.345. The van der Waals surface area contributed by atoms with Crippen LogP contribution >= 0.6 is 0 Å². The van der Waals surface area contributed by atoms with Gasteiger partial charge >= 0.3 is 12.1 Å². The maximum Gasteiger partial charge on any atom is 0.407 e. The van der Waals surface area contributed by atoms with Gasteiger partial charge in [-0.05, 0) is 56.0 Å². The van der Waals surface area contributed by atoms with Gasteiger partial charge in [0.15, 0.2) is 0 Å². The number of fused-ring (bicyclic) bond motifs is 1. The lowest BCUT2D eigenvalue weighted by molar-refractivity contribution is 0.0535. The van der Waals surface area contributed by atoms with Crippen molar-refractivity contribution in [3.63, 3.8) is 0 Å². The molecule has 2 aliphatic heterocycles. The topological polar surface area (TPSA) is 90.3 Å². The van der Waals surface area contributed by atoms with E-state index in [0.717, 1.165) is 42.6 Å². The van der Waals surface area contributed by atoms with E-state index < -0.39 is 12.2 Å². The Labute approximate surface area is 153 Å². The van der Waals surface area contributed by atoms with Gasteiger partial charge in [0.05, 0.1) is 11.7 Å². The number of hydrogen-bond donors (Lipinski definition) is 2. The molecule has 1 atom stereocenters. The van der Waals surface area contributed by atoms with E-state index in [-0.39, 0.29) is 12.6 Å². The van der Waals surface area contributed by atoms with Crippen molar-refractivity contribution in [2.45, 2.75) is 32.5 Å². The summed E-state index contributed by atoms with van der Waals surface area (Å²) in [5.74, 6) is 0.0759. The number of carbonyl (C=O) groups excluding carboxylic acids is 1. The molecular formula is C19H26N2O5. The lowest BCUT2D eigenvalue weighted by atomic mass is 9.93. The van der Waals surface area contributed by atoms with Crippen molar-refractivity contribution in [2.24, 2.45) is 5.92 Å². The van der Waals surface area contributed by atoms with Crippen LogP contribution in [0.15, 0.2) is 12.1 Å². The van der Waals surface area contributed by atoms with Gasteiger partial charge in [0, 0.05) is 25.7 Å². The Balaban J connectivity index is 1.56. The highest BCUT2D eigenvalue weighted by atomic mass is 16.5. The Morgan fingerprint density at radius 1 is 1.38 bits per heavy atom. The number of amides is 1. The number of rotatable bonds is 5. The minimum Gasteiger partial charge on any atom is -0.465 e. The standard InChI is InChI=1S/C19H26N2O5/c1-12-14(3-4-15-16(12)11-26-18(15)23)17(22)10-21-7-5-13(6-8-21)9-20(2)19(24)25/h3-4,13,17,22H,5-11H2,1-2H3,(H,24,25)/t17-/m1/s1. The molecule has 2 aliphatic rings. The van der Waals surface area contributed by atoms with Gasteiger partial charge in [-0.3, -0.25) is 0 Å². The molecule has 1 amide bonds. The fourth-order valence-corrected chi connectivity index (χ4v) is 3.89. The highest BCUT2D eigenvalue weighted by molar-refractivity contribution is 5.93. The van der Waals surface area contributed by atoms with Crippen molar-refractivity contribution < 1.29 is 24.5 Å². The zero-order valence-electron chi connectivity index (χ0n) is 15.3. The van der Waals surface area contributed by atoms with Crippen LogP contribution in [0.4, 0.5) is 4.79 Å². The van der Waals surface area contributed by atoms with Crippen LogP contribution < -0.4 is 0 Å². The van der Waals surface area contributed by atoms with Crippen LogP contribution in [0, 0.1) is 12.8 Å². The number of ether oxygens (including phenoxy) is 1. The van der Waals surface area contributed by atoms with E-state index >= 15 is 0 Å². The molecule has 3 rings (SSSR count). The van der Waals surface area contributed by atoms with Crippen molar-refractivity contribution in [1.29, 1.82) is 0 Å². The van der Waals surface area contributed by atoms with Crippen molar-refractivity contribution in [3.8, 4) is 0 Å². The number of aliphatic hydroxyl groups excluding tert-OH is 1. The van der Waals surface area contributed by atoms with Crippen LogP contribution in [0.3, 0.4) is 0 Å². The van der Waals surface area contributed by atoms with Crippen molar-refractivity contribution >= 4 is 12.1 Å². The normalized spacial score (nSPS) is 19.1. The molecule has 0 unspecified atom stereocenters. The molecule has 0 aromatic heterocycles. The molecule has 0 radical (unpaired) electrons. The third-order valence-corrected chi connectivity index (χ3v) is 5.56. The largest absolute Gasteiger partial charge is 0.465 e. The monoisotopic (exact) mass is 362 g/mol. The first-order valence-corrected chi connectivity index (χ1v) is 9.00. The number of benzene rings is 1. The average Bonchev–Trinajstić information content (AvgIpc) is 2.99. The molecule has 0 bridgehead atoms.